The van der Waals surface area contributed by atoms with E-state index in [2.05, 4.69) is 4.40 Å². The number of nitro groups is 1. The first-order chi connectivity index (χ1) is 8.75. The van der Waals surface area contributed by atoms with E-state index in [1.54, 1.807) is 26.8 Å². The van der Waals surface area contributed by atoms with E-state index in [0.717, 1.165) is 0 Å². The molecule has 1 atom stereocenters. The van der Waals surface area contributed by atoms with Crippen molar-refractivity contribution in [3.05, 3.63) is 33.9 Å². The number of hydrogen-bond acceptors (Lipinski definition) is 5. The summed E-state index contributed by atoms with van der Waals surface area (Å²) < 4.78 is 20.1. The molecule has 6 nitrogen and oxygen atoms in total. The molecule has 0 spiro atoms. The van der Waals surface area contributed by atoms with Gasteiger partial charge in [-0.2, -0.15) is 0 Å². The molecule has 19 heavy (non-hydrogen) atoms. The Kier molecular flexibility index (Phi) is 4.90. The summed E-state index contributed by atoms with van der Waals surface area (Å²) in [6.45, 7) is 5.41. The Morgan fingerprint density at radius 3 is 2.53 bits per heavy atom. The molecule has 0 bridgehead atoms. The normalized spacial score (nSPS) is 13.5. The van der Waals surface area contributed by atoms with Gasteiger partial charge in [-0.05, 0) is 32.9 Å². The zero-order chi connectivity index (χ0) is 14.6. The molecule has 0 amide bonds. The highest BCUT2D eigenvalue weighted by Crippen LogP contribution is 2.27. The molecule has 0 aliphatic carbocycles. The number of nitrogens with zero attached hydrogens (tertiary/aromatic N) is 2. The molecular formula is C12H16N2O4S. The summed E-state index contributed by atoms with van der Waals surface area (Å²) in [5.41, 5.74) is 0.359. The molecule has 0 unspecified atom stereocenters. The van der Waals surface area contributed by atoms with Crippen LogP contribution in [0.1, 0.15) is 26.3 Å². The van der Waals surface area contributed by atoms with E-state index in [4.69, 9.17) is 4.74 Å². The standard InChI is InChI=1S/C12H16N2O4S/c1-12(2,3)19(17)13-8-9-5-6-11(18-4)10(7-9)14(15)16/h5-8H,1-4H3/t19-/m0/s1. The zero-order valence-corrected chi connectivity index (χ0v) is 12.1. The summed E-state index contributed by atoms with van der Waals surface area (Å²) in [5, 5.41) is 10.9. The molecule has 1 aromatic rings. The number of benzene rings is 1. The van der Waals surface area contributed by atoms with E-state index in [1.165, 1.54) is 25.5 Å². The molecule has 0 heterocycles. The van der Waals surface area contributed by atoms with Crippen molar-refractivity contribution in [1.29, 1.82) is 0 Å². The van der Waals surface area contributed by atoms with Gasteiger partial charge >= 0.3 is 5.69 Å². The Hall–Kier alpha value is -1.60. The average molecular weight is 284 g/mol. The smallest absolute Gasteiger partial charge is 0.311 e. The van der Waals surface area contributed by atoms with Crippen molar-refractivity contribution in [2.24, 2.45) is 4.40 Å². The van der Waals surface area contributed by atoms with Crippen LogP contribution in [-0.4, -0.2) is 27.5 Å². The monoisotopic (exact) mass is 284 g/mol. The molecule has 1 rings (SSSR count). The van der Waals surface area contributed by atoms with E-state index in [1.807, 2.05) is 0 Å². The summed E-state index contributed by atoms with van der Waals surface area (Å²) >= 11 is -1.39. The SMILES string of the molecule is COc1ccc(C=N[S@@+]([O-])C(C)(C)C)cc1[N+](=O)[O-]. The third-order valence-electron chi connectivity index (χ3n) is 2.22. The van der Waals surface area contributed by atoms with Gasteiger partial charge in [-0.1, -0.05) is 4.40 Å². The van der Waals surface area contributed by atoms with Gasteiger partial charge in [-0.25, -0.2) is 0 Å². The Morgan fingerprint density at radius 1 is 1.42 bits per heavy atom. The number of methoxy groups -OCH3 is 1. The maximum absolute atomic E-state index is 11.7. The van der Waals surface area contributed by atoms with Gasteiger partial charge in [0.1, 0.15) is 16.1 Å². The first kappa shape index (κ1) is 15.5. The highest BCUT2D eigenvalue weighted by molar-refractivity contribution is 7.91. The Labute approximate surface area is 115 Å². The fraction of sp³-hybridized carbons (Fsp3) is 0.417. The van der Waals surface area contributed by atoms with Crippen molar-refractivity contribution in [3.63, 3.8) is 0 Å². The summed E-state index contributed by atoms with van der Waals surface area (Å²) in [6, 6.07) is 4.44. The maximum Gasteiger partial charge on any atom is 0.311 e. The van der Waals surface area contributed by atoms with Crippen LogP contribution in [0, 0.1) is 10.1 Å². The van der Waals surface area contributed by atoms with E-state index in [0.29, 0.717) is 5.56 Å². The fourth-order valence-corrected chi connectivity index (χ4v) is 1.73. The van der Waals surface area contributed by atoms with Crippen molar-refractivity contribution in [1.82, 2.24) is 0 Å². The van der Waals surface area contributed by atoms with E-state index < -0.39 is 21.0 Å². The molecule has 104 valence electrons. The minimum atomic E-state index is -1.39. The first-order valence-corrected chi connectivity index (χ1v) is 6.65. The van der Waals surface area contributed by atoms with Crippen LogP contribution in [0.3, 0.4) is 0 Å². The number of nitro benzene ring substituents is 1. The van der Waals surface area contributed by atoms with Crippen molar-refractivity contribution >= 4 is 23.3 Å². The number of hydrogen-bond donors (Lipinski definition) is 0. The van der Waals surface area contributed by atoms with Crippen LogP contribution < -0.4 is 4.74 Å². The van der Waals surface area contributed by atoms with Gasteiger partial charge in [0, 0.05) is 11.6 Å². The summed E-state index contributed by atoms with van der Waals surface area (Å²) in [7, 11) is 1.37. The van der Waals surface area contributed by atoms with Crippen LogP contribution in [0.25, 0.3) is 0 Å². The molecule has 0 radical (unpaired) electrons. The summed E-state index contributed by atoms with van der Waals surface area (Å²) in [4.78, 5) is 10.3. The van der Waals surface area contributed by atoms with E-state index in [9.17, 15) is 14.7 Å². The third kappa shape index (κ3) is 4.22. The van der Waals surface area contributed by atoms with Gasteiger partial charge in [0.25, 0.3) is 0 Å². The minimum Gasteiger partial charge on any atom is -0.591 e. The van der Waals surface area contributed by atoms with Crippen LogP contribution in [0.2, 0.25) is 0 Å². The van der Waals surface area contributed by atoms with Crippen molar-refractivity contribution in [2.45, 2.75) is 25.5 Å². The third-order valence-corrected chi connectivity index (χ3v) is 3.57. The molecule has 0 saturated carbocycles. The van der Waals surface area contributed by atoms with Crippen LogP contribution in [0.4, 0.5) is 5.69 Å². The molecule has 0 fully saturated rings. The van der Waals surface area contributed by atoms with E-state index >= 15 is 0 Å². The second-order valence-electron chi connectivity index (χ2n) is 4.78. The molecular weight excluding hydrogens is 268 g/mol. The van der Waals surface area contributed by atoms with Crippen LogP contribution >= 0.6 is 0 Å². The molecule has 1 aromatic carbocycles. The van der Waals surface area contributed by atoms with Crippen LogP contribution in [0.15, 0.2) is 22.6 Å². The second-order valence-corrected chi connectivity index (χ2v) is 6.72. The first-order valence-electron chi connectivity index (χ1n) is 5.54. The topological polar surface area (TPSA) is 87.8 Å². The van der Waals surface area contributed by atoms with Crippen molar-refractivity contribution in [2.75, 3.05) is 7.11 Å². The fourth-order valence-electron chi connectivity index (χ4n) is 1.20. The van der Waals surface area contributed by atoms with Gasteiger partial charge < -0.3 is 9.29 Å². The Bertz CT molecular complexity index is 497. The van der Waals surface area contributed by atoms with Gasteiger partial charge in [0.2, 0.25) is 0 Å². The van der Waals surface area contributed by atoms with Crippen LogP contribution in [0.5, 0.6) is 5.75 Å². The summed E-state index contributed by atoms with van der Waals surface area (Å²) in [6.07, 6.45) is 1.37. The zero-order valence-electron chi connectivity index (χ0n) is 11.2. The highest BCUT2D eigenvalue weighted by Gasteiger charge is 2.26. The summed E-state index contributed by atoms with van der Waals surface area (Å²) in [5.74, 6) is 0.180. The molecule has 0 saturated heterocycles. The molecule has 0 N–H and O–H groups in total. The van der Waals surface area contributed by atoms with Crippen molar-refractivity contribution < 1.29 is 14.2 Å². The lowest BCUT2D eigenvalue weighted by atomic mass is 10.2. The Balaban J connectivity index is 3.01. The Morgan fingerprint density at radius 2 is 2.05 bits per heavy atom. The minimum absolute atomic E-state index is 0.145. The quantitative estimate of drug-likeness (QED) is 0.368. The van der Waals surface area contributed by atoms with Gasteiger partial charge in [0.15, 0.2) is 5.75 Å². The predicted molar refractivity (Wildman–Crippen MR) is 75.1 cm³/mol. The van der Waals surface area contributed by atoms with E-state index in [-0.39, 0.29) is 11.4 Å². The van der Waals surface area contributed by atoms with Gasteiger partial charge in [-0.3, -0.25) is 10.1 Å². The highest BCUT2D eigenvalue weighted by atomic mass is 32.2. The van der Waals surface area contributed by atoms with Crippen LogP contribution in [-0.2, 0) is 11.4 Å². The molecule has 7 heteroatoms. The van der Waals surface area contributed by atoms with Gasteiger partial charge in [0.05, 0.1) is 18.2 Å². The molecule has 0 aromatic heterocycles. The lowest BCUT2D eigenvalue weighted by Gasteiger charge is -2.17. The predicted octanol–water partition coefficient (Wildman–Crippen LogP) is 2.48. The number of ether oxygens (including phenoxy) is 1. The van der Waals surface area contributed by atoms with Gasteiger partial charge in [-0.15, -0.1) is 0 Å². The largest absolute Gasteiger partial charge is 0.591 e. The second kappa shape index (κ2) is 6.03. The average Bonchev–Trinajstić information content (AvgIpc) is 2.34. The molecule has 0 aliphatic heterocycles. The lowest BCUT2D eigenvalue weighted by Crippen LogP contribution is -2.25. The number of rotatable bonds is 4. The maximum atomic E-state index is 11.7. The van der Waals surface area contributed by atoms with Crippen molar-refractivity contribution in [3.8, 4) is 5.75 Å². The molecule has 0 aliphatic rings. The lowest BCUT2D eigenvalue weighted by molar-refractivity contribution is -0.385.